The van der Waals surface area contributed by atoms with Crippen LogP contribution in [0.4, 0.5) is 13.2 Å². The van der Waals surface area contributed by atoms with E-state index in [1.807, 2.05) is 4.90 Å². The van der Waals surface area contributed by atoms with Crippen molar-refractivity contribution in [1.29, 1.82) is 0 Å². The highest BCUT2D eigenvalue weighted by Crippen LogP contribution is 2.30. The molecule has 1 aliphatic heterocycles. The Kier molecular flexibility index (Phi) is 3.68. The fourth-order valence-electron chi connectivity index (χ4n) is 1.86. The highest BCUT2D eigenvalue weighted by Gasteiger charge is 2.30. The van der Waals surface area contributed by atoms with Crippen molar-refractivity contribution < 1.29 is 13.2 Å². The van der Waals surface area contributed by atoms with Crippen molar-refractivity contribution in [3.63, 3.8) is 0 Å². The summed E-state index contributed by atoms with van der Waals surface area (Å²) in [5, 5.41) is 0. The molecule has 1 aromatic rings. The van der Waals surface area contributed by atoms with E-state index in [4.69, 9.17) is 5.73 Å². The van der Waals surface area contributed by atoms with E-state index in [2.05, 4.69) is 4.99 Å². The van der Waals surface area contributed by atoms with Crippen LogP contribution in [0.3, 0.4) is 0 Å². The molecule has 1 aromatic carbocycles. The summed E-state index contributed by atoms with van der Waals surface area (Å²) in [5.74, 6) is 0.463. The Bertz CT molecular complexity index is 490. The first-order chi connectivity index (χ1) is 8.88. The Morgan fingerprint density at radius 3 is 2.53 bits per heavy atom. The van der Waals surface area contributed by atoms with Crippen LogP contribution in [-0.4, -0.2) is 23.9 Å². The first kappa shape index (κ1) is 13.7. The number of aryl methyl sites for hydroxylation is 1. The van der Waals surface area contributed by atoms with Crippen molar-refractivity contribution >= 4 is 5.96 Å². The molecule has 19 heavy (non-hydrogen) atoms. The zero-order chi connectivity index (χ0) is 14.0. The van der Waals surface area contributed by atoms with Crippen molar-refractivity contribution in [2.45, 2.75) is 26.1 Å². The third-order valence-corrected chi connectivity index (χ3v) is 3.26. The number of nitrogens with two attached hydrogens (primary N) is 1. The van der Waals surface area contributed by atoms with Crippen LogP contribution in [0.1, 0.15) is 23.1 Å². The zero-order valence-electron chi connectivity index (χ0n) is 10.7. The van der Waals surface area contributed by atoms with E-state index in [9.17, 15) is 13.2 Å². The number of hydrogen-bond donors (Lipinski definition) is 1. The average molecular weight is 271 g/mol. The van der Waals surface area contributed by atoms with Crippen molar-refractivity contribution in [3.05, 3.63) is 34.9 Å². The third-order valence-electron chi connectivity index (χ3n) is 3.26. The number of rotatable bonds is 2. The topological polar surface area (TPSA) is 41.6 Å². The van der Waals surface area contributed by atoms with Gasteiger partial charge in [-0.25, -0.2) is 4.99 Å². The molecule has 1 fully saturated rings. The van der Waals surface area contributed by atoms with Gasteiger partial charge >= 0.3 is 6.18 Å². The van der Waals surface area contributed by atoms with Crippen LogP contribution in [0.25, 0.3) is 0 Å². The molecular weight excluding hydrogens is 255 g/mol. The van der Waals surface area contributed by atoms with E-state index in [0.29, 0.717) is 18.1 Å². The smallest absolute Gasteiger partial charge is 0.370 e. The summed E-state index contributed by atoms with van der Waals surface area (Å²) >= 11 is 0. The molecule has 0 amide bonds. The van der Waals surface area contributed by atoms with E-state index in [0.717, 1.165) is 37.2 Å². The lowest BCUT2D eigenvalue weighted by atomic mass is 10.0. The molecule has 6 heteroatoms. The van der Waals surface area contributed by atoms with Gasteiger partial charge in [0.05, 0.1) is 12.1 Å². The highest BCUT2D eigenvalue weighted by atomic mass is 19.4. The van der Waals surface area contributed by atoms with Crippen LogP contribution >= 0.6 is 0 Å². The number of alkyl halides is 3. The van der Waals surface area contributed by atoms with Gasteiger partial charge in [-0.1, -0.05) is 6.07 Å². The van der Waals surface area contributed by atoms with Gasteiger partial charge in [0.25, 0.3) is 0 Å². The maximum Gasteiger partial charge on any atom is 0.416 e. The van der Waals surface area contributed by atoms with E-state index in [-0.39, 0.29) is 0 Å². The van der Waals surface area contributed by atoms with E-state index >= 15 is 0 Å². The molecule has 0 spiro atoms. The van der Waals surface area contributed by atoms with Crippen LogP contribution in [0, 0.1) is 6.92 Å². The van der Waals surface area contributed by atoms with Gasteiger partial charge in [0.15, 0.2) is 5.96 Å². The molecule has 1 heterocycles. The fraction of sp³-hybridized carbons (Fsp3) is 0.462. The van der Waals surface area contributed by atoms with Gasteiger partial charge < -0.3 is 10.6 Å². The first-order valence-electron chi connectivity index (χ1n) is 6.09. The summed E-state index contributed by atoms with van der Waals surface area (Å²) in [4.78, 5) is 6.15. The number of likely N-dealkylation sites (tertiary alicyclic amines) is 1. The molecule has 0 aliphatic carbocycles. The molecular formula is C13H16F3N3. The zero-order valence-corrected chi connectivity index (χ0v) is 10.7. The molecule has 104 valence electrons. The van der Waals surface area contributed by atoms with Crippen molar-refractivity contribution in [1.82, 2.24) is 4.90 Å². The van der Waals surface area contributed by atoms with Crippen LogP contribution in [-0.2, 0) is 12.7 Å². The highest BCUT2D eigenvalue weighted by molar-refractivity contribution is 5.78. The standard InChI is InChI=1S/C13H16F3N3/c1-9-7-11(13(14,15)16)4-3-10(9)8-18-12(17)19-5-2-6-19/h3-4,7H,2,5-6,8H2,1H3,(H2,17,18). The summed E-state index contributed by atoms with van der Waals surface area (Å²) in [7, 11) is 0. The number of aliphatic imine (C=N–C) groups is 1. The van der Waals surface area contributed by atoms with Gasteiger partial charge in [-0.3, -0.25) is 0 Å². The Labute approximate surface area is 109 Å². The lowest BCUT2D eigenvalue weighted by Crippen LogP contribution is -2.46. The lowest BCUT2D eigenvalue weighted by Gasteiger charge is -2.31. The molecule has 0 aromatic heterocycles. The second-order valence-electron chi connectivity index (χ2n) is 4.65. The summed E-state index contributed by atoms with van der Waals surface area (Å²) in [5.41, 5.74) is 6.48. The van der Waals surface area contributed by atoms with Crippen LogP contribution in [0.15, 0.2) is 23.2 Å². The van der Waals surface area contributed by atoms with Crippen molar-refractivity contribution in [3.8, 4) is 0 Å². The molecule has 2 rings (SSSR count). The van der Waals surface area contributed by atoms with Crippen molar-refractivity contribution in [2.24, 2.45) is 10.7 Å². The number of guanidine groups is 1. The number of hydrogen-bond acceptors (Lipinski definition) is 1. The third kappa shape index (κ3) is 3.19. The summed E-state index contributed by atoms with van der Waals surface area (Å²) in [6.07, 6.45) is -3.20. The van der Waals surface area contributed by atoms with Gasteiger partial charge in [-0.05, 0) is 36.6 Å². The average Bonchev–Trinajstić information content (AvgIpc) is 2.23. The van der Waals surface area contributed by atoms with Gasteiger partial charge in [0, 0.05) is 13.1 Å². The minimum absolute atomic E-state index is 0.312. The van der Waals surface area contributed by atoms with Crippen LogP contribution < -0.4 is 5.73 Å². The Hall–Kier alpha value is -1.72. The van der Waals surface area contributed by atoms with E-state index < -0.39 is 11.7 Å². The number of halogens is 3. The predicted octanol–water partition coefficient (Wildman–Crippen LogP) is 2.53. The molecule has 0 atom stereocenters. The molecule has 0 saturated carbocycles. The molecule has 2 N–H and O–H groups in total. The van der Waals surface area contributed by atoms with E-state index in [1.54, 1.807) is 6.92 Å². The molecule has 1 aliphatic rings. The molecule has 0 unspecified atom stereocenters. The normalized spacial score (nSPS) is 16.4. The molecule has 0 radical (unpaired) electrons. The monoisotopic (exact) mass is 271 g/mol. The lowest BCUT2D eigenvalue weighted by molar-refractivity contribution is -0.137. The van der Waals surface area contributed by atoms with Gasteiger partial charge in [0.1, 0.15) is 0 Å². The quantitative estimate of drug-likeness (QED) is 0.663. The van der Waals surface area contributed by atoms with Crippen LogP contribution in [0.5, 0.6) is 0 Å². The summed E-state index contributed by atoms with van der Waals surface area (Å²) in [6, 6.07) is 3.69. The SMILES string of the molecule is Cc1cc(C(F)(F)F)ccc1CN=C(N)N1CCC1. The van der Waals surface area contributed by atoms with Gasteiger partial charge in [-0.2, -0.15) is 13.2 Å². The van der Waals surface area contributed by atoms with Gasteiger partial charge in [0.2, 0.25) is 0 Å². The predicted molar refractivity (Wildman–Crippen MR) is 67.7 cm³/mol. The number of benzene rings is 1. The second-order valence-corrected chi connectivity index (χ2v) is 4.65. The minimum Gasteiger partial charge on any atom is -0.370 e. The Morgan fingerprint density at radius 1 is 1.37 bits per heavy atom. The maximum absolute atomic E-state index is 12.5. The molecule has 0 bridgehead atoms. The number of nitrogens with zero attached hydrogens (tertiary/aromatic N) is 2. The second kappa shape index (κ2) is 5.11. The Morgan fingerprint density at radius 2 is 2.05 bits per heavy atom. The minimum atomic E-state index is -4.30. The summed E-state index contributed by atoms with van der Waals surface area (Å²) in [6.45, 7) is 3.77. The Balaban J connectivity index is 2.09. The van der Waals surface area contributed by atoms with E-state index in [1.165, 1.54) is 6.07 Å². The summed E-state index contributed by atoms with van der Waals surface area (Å²) < 4.78 is 37.6. The molecule has 1 saturated heterocycles. The largest absolute Gasteiger partial charge is 0.416 e. The van der Waals surface area contributed by atoms with Crippen LogP contribution in [0.2, 0.25) is 0 Å². The first-order valence-corrected chi connectivity index (χ1v) is 6.09. The van der Waals surface area contributed by atoms with Crippen molar-refractivity contribution in [2.75, 3.05) is 13.1 Å². The van der Waals surface area contributed by atoms with Gasteiger partial charge in [-0.15, -0.1) is 0 Å². The molecule has 3 nitrogen and oxygen atoms in total. The maximum atomic E-state index is 12.5. The fourth-order valence-corrected chi connectivity index (χ4v) is 1.86.